The standard InChI is InChI=1S/C16H13FO3/c1-11(18)20-10-16(19)14-4-2-12(3-5-14)13-6-8-15(17)9-7-13/h2-9H,10H2,1H3. The van der Waals surface area contributed by atoms with Crippen LogP contribution in [0.15, 0.2) is 48.5 Å². The first kappa shape index (κ1) is 13.9. The summed E-state index contributed by atoms with van der Waals surface area (Å²) in [5.74, 6) is -1.03. The van der Waals surface area contributed by atoms with Crippen LogP contribution >= 0.6 is 0 Å². The van der Waals surface area contributed by atoms with Crippen LogP contribution in [-0.4, -0.2) is 18.4 Å². The maximum atomic E-state index is 12.8. The molecular formula is C16H13FO3. The summed E-state index contributed by atoms with van der Waals surface area (Å²) in [5.41, 5.74) is 2.22. The van der Waals surface area contributed by atoms with E-state index < -0.39 is 5.97 Å². The van der Waals surface area contributed by atoms with Crippen LogP contribution in [0.2, 0.25) is 0 Å². The van der Waals surface area contributed by atoms with Gasteiger partial charge in [0.1, 0.15) is 5.82 Å². The van der Waals surface area contributed by atoms with E-state index in [2.05, 4.69) is 4.74 Å². The van der Waals surface area contributed by atoms with Gasteiger partial charge >= 0.3 is 5.97 Å². The Morgan fingerprint density at radius 2 is 1.45 bits per heavy atom. The molecule has 0 spiro atoms. The van der Waals surface area contributed by atoms with Gasteiger partial charge in [-0.05, 0) is 23.3 Å². The number of halogens is 1. The Bertz CT molecular complexity index is 615. The lowest BCUT2D eigenvalue weighted by Crippen LogP contribution is -2.11. The lowest BCUT2D eigenvalue weighted by molar-refractivity contribution is -0.139. The van der Waals surface area contributed by atoms with Crippen LogP contribution in [0.5, 0.6) is 0 Å². The van der Waals surface area contributed by atoms with E-state index in [1.54, 1.807) is 36.4 Å². The van der Waals surface area contributed by atoms with Gasteiger partial charge in [-0.2, -0.15) is 0 Å². The van der Waals surface area contributed by atoms with Crippen LogP contribution in [0.25, 0.3) is 11.1 Å². The highest BCUT2D eigenvalue weighted by Gasteiger charge is 2.08. The van der Waals surface area contributed by atoms with Crippen LogP contribution in [0.3, 0.4) is 0 Å². The number of esters is 1. The normalized spacial score (nSPS) is 10.1. The van der Waals surface area contributed by atoms with Crippen LogP contribution < -0.4 is 0 Å². The molecule has 20 heavy (non-hydrogen) atoms. The highest BCUT2D eigenvalue weighted by molar-refractivity contribution is 5.98. The van der Waals surface area contributed by atoms with Gasteiger partial charge in [0, 0.05) is 12.5 Å². The predicted molar refractivity (Wildman–Crippen MR) is 72.8 cm³/mol. The van der Waals surface area contributed by atoms with Gasteiger partial charge < -0.3 is 4.74 Å². The van der Waals surface area contributed by atoms with E-state index in [0.29, 0.717) is 5.56 Å². The smallest absolute Gasteiger partial charge is 0.303 e. The molecule has 2 aromatic rings. The molecule has 4 heteroatoms. The monoisotopic (exact) mass is 272 g/mol. The molecule has 0 saturated heterocycles. The Morgan fingerprint density at radius 3 is 1.95 bits per heavy atom. The number of carbonyl (C=O) groups excluding carboxylic acids is 2. The van der Waals surface area contributed by atoms with E-state index in [1.807, 2.05) is 0 Å². The molecule has 0 aliphatic carbocycles. The highest BCUT2D eigenvalue weighted by atomic mass is 19.1. The Kier molecular flexibility index (Phi) is 4.25. The Morgan fingerprint density at radius 1 is 0.950 bits per heavy atom. The summed E-state index contributed by atoms with van der Waals surface area (Å²) in [5, 5.41) is 0. The molecule has 2 rings (SSSR count). The molecule has 102 valence electrons. The lowest BCUT2D eigenvalue weighted by atomic mass is 10.0. The number of ketones is 1. The average Bonchev–Trinajstić information content (AvgIpc) is 2.46. The molecule has 0 bridgehead atoms. The van der Waals surface area contributed by atoms with E-state index in [-0.39, 0.29) is 18.2 Å². The molecule has 0 aliphatic heterocycles. The van der Waals surface area contributed by atoms with Gasteiger partial charge in [-0.15, -0.1) is 0 Å². The summed E-state index contributed by atoms with van der Waals surface area (Å²) in [6.45, 7) is 0.996. The molecule has 2 aromatic carbocycles. The maximum absolute atomic E-state index is 12.8. The molecule has 0 fully saturated rings. The van der Waals surface area contributed by atoms with E-state index in [0.717, 1.165) is 11.1 Å². The van der Waals surface area contributed by atoms with Crippen molar-refractivity contribution in [3.05, 3.63) is 59.9 Å². The van der Waals surface area contributed by atoms with Crippen molar-refractivity contribution in [3.63, 3.8) is 0 Å². The molecule has 0 radical (unpaired) electrons. The zero-order chi connectivity index (χ0) is 14.5. The zero-order valence-electron chi connectivity index (χ0n) is 10.9. The molecule has 0 amide bonds. The van der Waals surface area contributed by atoms with Gasteiger partial charge in [0.2, 0.25) is 0 Å². The first-order chi connectivity index (χ1) is 9.56. The fourth-order valence-corrected chi connectivity index (χ4v) is 1.74. The molecule has 0 heterocycles. The summed E-state index contributed by atoms with van der Waals surface area (Å²) in [7, 11) is 0. The zero-order valence-corrected chi connectivity index (χ0v) is 10.9. The third-order valence-electron chi connectivity index (χ3n) is 2.79. The molecular weight excluding hydrogens is 259 g/mol. The van der Waals surface area contributed by atoms with Crippen molar-refractivity contribution < 1.29 is 18.7 Å². The van der Waals surface area contributed by atoms with Crippen LogP contribution in [-0.2, 0) is 9.53 Å². The molecule has 3 nitrogen and oxygen atoms in total. The Hall–Kier alpha value is -2.49. The molecule has 0 saturated carbocycles. The van der Waals surface area contributed by atoms with Crippen molar-refractivity contribution in [2.45, 2.75) is 6.92 Å². The Labute approximate surface area is 116 Å². The van der Waals surface area contributed by atoms with Gasteiger partial charge in [0.25, 0.3) is 0 Å². The van der Waals surface area contributed by atoms with Gasteiger partial charge in [0.15, 0.2) is 12.4 Å². The number of Topliss-reactive ketones (excluding diaryl/α,β-unsaturated/α-hetero) is 1. The number of carbonyl (C=O) groups is 2. The number of hydrogen-bond donors (Lipinski definition) is 0. The first-order valence-corrected chi connectivity index (χ1v) is 6.09. The molecule has 0 aromatic heterocycles. The second-order valence-corrected chi connectivity index (χ2v) is 4.29. The van der Waals surface area contributed by atoms with E-state index in [9.17, 15) is 14.0 Å². The fraction of sp³-hybridized carbons (Fsp3) is 0.125. The molecule has 0 unspecified atom stereocenters. The van der Waals surface area contributed by atoms with Crippen molar-refractivity contribution in [3.8, 4) is 11.1 Å². The third-order valence-corrected chi connectivity index (χ3v) is 2.79. The summed E-state index contributed by atoms with van der Waals surface area (Å²) >= 11 is 0. The van der Waals surface area contributed by atoms with Crippen molar-refractivity contribution >= 4 is 11.8 Å². The third kappa shape index (κ3) is 3.51. The summed E-state index contributed by atoms with van der Waals surface area (Å²) in [4.78, 5) is 22.4. The number of benzene rings is 2. The van der Waals surface area contributed by atoms with E-state index >= 15 is 0 Å². The topological polar surface area (TPSA) is 43.4 Å². The predicted octanol–water partition coefficient (Wildman–Crippen LogP) is 3.24. The summed E-state index contributed by atoms with van der Waals surface area (Å²) in [6, 6.07) is 13.0. The van der Waals surface area contributed by atoms with Gasteiger partial charge in [-0.25, -0.2) is 4.39 Å². The second kappa shape index (κ2) is 6.10. The average molecular weight is 272 g/mol. The fourth-order valence-electron chi connectivity index (χ4n) is 1.74. The summed E-state index contributed by atoms with van der Waals surface area (Å²) in [6.07, 6.45) is 0. The number of rotatable bonds is 4. The van der Waals surface area contributed by atoms with Gasteiger partial charge in [-0.3, -0.25) is 9.59 Å². The van der Waals surface area contributed by atoms with E-state index in [1.165, 1.54) is 19.1 Å². The van der Waals surface area contributed by atoms with Gasteiger partial charge in [-0.1, -0.05) is 36.4 Å². The number of ether oxygens (including phenoxy) is 1. The summed E-state index contributed by atoms with van der Waals surface area (Å²) < 4.78 is 17.5. The molecule has 0 N–H and O–H groups in total. The van der Waals surface area contributed by atoms with Crippen molar-refractivity contribution in [1.82, 2.24) is 0 Å². The SMILES string of the molecule is CC(=O)OCC(=O)c1ccc(-c2ccc(F)cc2)cc1. The minimum Gasteiger partial charge on any atom is -0.457 e. The lowest BCUT2D eigenvalue weighted by Gasteiger charge is -2.04. The molecule has 0 atom stereocenters. The molecule has 0 aliphatic rings. The van der Waals surface area contributed by atoms with Gasteiger partial charge in [0.05, 0.1) is 0 Å². The Balaban J connectivity index is 2.11. The largest absolute Gasteiger partial charge is 0.457 e. The van der Waals surface area contributed by atoms with Crippen molar-refractivity contribution in [2.75, 3.05) is 6.61 Å². The highest BCUT2D eigenvalue weighted by Crippen LogP contribution is 2.20. The number of hydrogen-bond acceptors (Lipinski definition) is 3. The quantitative estimate of drug-likeness (QED) is 0.634. The maximum Gasteiger partial charge on any atom is 0.303 e. The van der Waals surface area contributed by atoms with Crippen LogP contribution in [0, 0.1) is 5.82 Å². The van der Waals surface area contributed by atoms with Crippen molar-refractivity contribution in [1.29, 1.82) is 0 Å². The van der Waals surface area contributed by atoms with E-state index in [4.69, 9.17) is 0 Å². The first-order valence-electron chi connectivity index (χ1n) is 6.09. The minimum atomic E-state index is -0.485. The second-order valence-electron chi connectivity index (χ2n) is 4.29. The van der Waals surface area contributed by atoms with Crippen molar-refractivity contribution in [2.24, 2.45) is 0 Å². The van der Waals surface area contributed by atoms with Crippen LogP contribution in [0.1, 0.15) is 17.3 Å². The minimum absolute atomic E-state index is 0.258. The van der Waals surface area contributed by atoms with Crippen LogP contribution in [0.4, 0.5) is 4.39 Å².